The van der Waals surface area contributed by atoms with Crippen LogP contribution in [0.2, 0.25) is 0 Å². The lowest BCUT2D eigenvalue weighted by Crippen LogP contribution is -2.23. The molecule has 84 valence electrons. The molecule has 0 spiro atoms. The number of fused-ring (bicyclic) bond motifs is 2. The van der Waals surface area contributed by atoms with Gasteiger partial charge in [0, 0.05) is 18.8 Å². The molecule has 0 saturated heterocycles. The maximum Gasteiger partial charge on any atom is 0.331 e. The summed E-state index contributed by atoms with van der Waals surface area (Å²) in [4.78, 5) is 10.8. The summed E-state index contributed by atoms with van der Waals surface area (Å²) in [6.07, 6.45) is 8.82. The standard InChI is InChI=1S/C12H19NO2/c1-15-12(14)4-5-13-8-11-7-9-2-3-10(11)6-9/h4-5,9-11,13H,2-3,6-8H2,1H3/b5-4+. The fourth-order valence-corrected chi connectivity index (χ4v) is 3.04. The highest BCUT2D eigenvalue weighted by molar-refractivity contribution is 5.81. The molecule has 0 aromatic carbocycles. The van der Waals surface area contributed by atoms with E-state index in [1.54, 1.807) is 6.20 Å². The van der Waals surface area contributed by atoms with Crippen LogP contribution in [0.15, 0.2) is 12.3 Å². The number of methoxy groups -OCH3 is 1. The highest BCUT2D eigenvalue weighted by atomic mass is 16.5. The first-order chi connectivity index (χ1) is 7.29. The normalized spacial score (nSPS) is 33.5. The van der Waals surface area contributed by atoms with Gasteiger partial charge in [0.2, 0.25) is 0 Å². The minimum atomic E-state index is -0.296. The second-order valence-electron chi connectivity index (χ2n) is 4.70. The molecule has 2 fully saturated rings. The van der Waals surface area contributed by atoms with Crippen molar-refractivity contribution in [2.24, 2.45) is 17.8 Å². The Balaban J connectivity index is 1.66. The summed E-state index contributed by atoms with van der Waals surface area (Å²) in [6, 6.07) is 0. The third kappa shape index (κ3) is 2.52. The van der Waals surface area contributed by atoms with Crippen molar-refractivity contribution in [1.29, 1.82) is 0 Å². The van der Waals surface area contributed by atoms with E-state index >= 15 is 0 Å². The molecule has 2 rings (SSSR count). The second kappa shape index (κ2) is 4.69. The Morgan fingerprint density at radius 1 is 1.47 bits per heavy atom. The van der Waals surface area contributed by atoms with E-state index in [1.807, 2.05) is 0 Å². The molecule has 3 unspecified atom stereocenters. The monoisotopic (exact) mass is 209 g/mol. The van der Waals surface area contributed by atoms with Crippen molar-refractivity contribution in [3.05, 3.63) is 12.3 Å². The molecule has 2 saturated carbocycles. The molecule has 3 heteroatoms. The van der Waals surface area contributed by atoms with Crippen molar-refractivity contribution >= 4 is 5.97 Å². The first kappa shape index (κ1) is 10.5. The Kier molecular flexibility index (Phi) is 3.29. The number of carbonyl (C=O) groups is 1. The van der Waals surface area contributed by atoms with Crippen LogP contribution < -0.4 is 5.32 Å². The fraction of sp³-hybridized carbons (Fsp3) is 0.750. The largest absolute Gasteiger partial charge is 0.466 e. The van der Waals surface area contributed by atoms with Gasteiger partial charge in [-0.1, -0.05) is 6.42 Å². The average Bonchev–Trinajstić information content (AvgIpc) is 2.85. The van der Waals surface area contributed by atoms with Crippen molar-refractivity contribution in [3.63, 3.8) is 0 Å². The van der Waals surface area contributed by atoms with E-state index in [4.69, 9.17) is 0 Å². The number of nitrogens with one attached hydrogen (secondary N) is 1. The third-order valence-electron chi connectivity index (χ3n) is 3.80. The highest BCUT2D eigenvalue weighted by Crippen LogP contribution is 2.47. The predicted molar refractivity (Wildman–Crippen MR) is 58.1 cm³/mol. The zero-order chi connectivity index (χ0) is 10.7. The first-order valence-electron chi connectivity index (χ1n) is 5.77. The summed E-state index contributed by atoms with van der Waals surface area (Å²) in [5.74, 6) is 2.46. The zero-order valence-corrected chi connectivity index (χ0v) is 9.24. The van der Waals surface area contributed by atoms with Gasteiger partial charge in [0.15, 0.2) is 0 Å². The van der Waals surface area contributed by atoms with Gasteiger partial charge in [-0.2, -0.15) is 0 Å². The van der Waals surface area contributed by atoms with Gasteiger partial charge in [-0.25, -0.2) is 4.79 Å². The summed E-state index contributed by atoms with van der Waals surface area (Å²) in [5, 5.41) is 3.20. The zero-order valence-electron chi connectivity index (χ0n) is 9.24. The topological polar surface area (TPSA) is 38.3 Å². The molecule has 0 aliphatic heterocycles. The smallest absolute Gasteiger partial charge is 0.331 e. The van der Waals surface area contributed by atoms with Crippen molar-refractivity contribution in [3.8, 4) is 0 Å². The van der Waals surface area contributed by atoms with Gasteiger partial charge >= 0.3 is 5.97 Å². The Morgan fingerprint density at radius 3 is 2.93 bits per heavy atom. The van der Waals surface area contributed by atoms with Crippen LogP contribution in [0.25, 0.3) is 0 Å². The molecule has 2 aliphatic rings. The minimum Gasteiger partial charge on any atom is -0.466 e. The molecule has 3 atom stereocenters. The van der Waals surface area contributed by atoms with Gasteiger partial charge in [-0.3, -0.25) is 0 Å². The first-order valence-corrected chi connectivity index (χ1v) is 5.77. The Labute approximate surface area is 90.9 Å². The van der Waals surface area contributed by atoms with Crippen LogP contribution in [0.4, 0.5) is 0 Å². The lowest BCUT2D eigenvalue weighted by molar-refractivity contribution is -0.134. The Bertz CT molecular complexity index is 262. The number of hydrogen-bond acceptors (Lipinski definition) is 3. The van der Waals surface area contributed by atoms with E-state index in [9.17, 15) is 4.79 Å². The molecule has 3 nitrogen and oxygen atoms in total. The quantitative estimate of drug-likeness (QED) is 0.565. The van der Waals surface area contributed by atoms with E-state index in [1.165, 1.54) is 38.9 Å². The van der Waals surface area contributed by atoms with Crippen LogP contribution in [-0.2, 0) is 9.53 Å². The number of rotatable bonds is 4. The molecule has 2 bridgehead atoms. The SMILES string of the molecule is COC(=O)/C=C/NCC1CC2CCC1C2. The highest BCUT2D eigenvalue weighted by Gasteiger charge is 2.38. The van der Waals surface area contributed by atoms with Gasteiger partial charge in [0.1, 0.15) is 0 Å². The van der Waals surface area contributed by atoms with Crippen LogP contribution in [0.5, 0.6) is 0 Å². The van der Waals surface area contributed by atoms with E-state index in [0.29, 0.717) is 0 Å². The van der Waals surface area contributed by atoms with Crippen LogP contribution in [0.1, 0.15) is 25.7 Å². The van der Waals surface area contributed by atoms with Crippen molar-refractivity contribution < 1.29 is 9.53 Å². The molecule has 15 heavy (non-hydrogen) atoms. The van der Waals surface area contributed by atoms with Crippen molar-refractivity contribution in [2.45, 2.75) is 25.7 Å². The fourth-order valence-electron chi connectivity index (χ4n) is 3.04. The molecule has 0 radical (unpaired) electrons. The number of hydrogen-bond donors (Lipinski definition) is 1. The molecule has 0 amide bonds. The van der Waals surface area contributed by atoms with Crippen LogP contribution >= 0.6 is 0 Å². The van der Waals surface area contributed by atoms with E-state index in [2.05, 4.69) is 10.1 Å². The van der Waals surface area contributed by atoms with Crippen LogP contribution in [-0.4, -0.2) is 19.6 Å². The Hall–Kier alpha value is -0.990. The lowest BCUT2D eigenvalue weighted by atomic mass is 9.89. The molecule has 1 N–H and O–H groups in total. The predicted octanol–water partition coefficient (Wildman–Crippen LogP) is 1.70. The summed E-state index contributed by atoms with van der Waals surface area (Å²) in [7, 11) is 1.39. The van der Waals surface area contributed by atoms with Gasteiger partial charge in [-0.15, -0.1) is 0 Å². The minimum absolute atomic E-state index is 0.296. The molecular formula is C12H19NO2. The van der Waals surface area contributed by atoms with Gasteiger partial charge < -0.3 is 10.1 Å². The second-order valence-corrected chi connectivity index (χ2v) is 4.70. The van der Waals surface area contributed by atoms with E-state index in [0.717, 1.165) is 24.3 Å². The molecule has 0 aromatic heterocycles. The van der Waals surface area contributed by atoms with Crippen LogP contribution in [0.3, 0.4) is 0 Å². The molecular weight excluding hydrogens is 190 g/mol. The van der Waals surface area contributed by atoms with Crippen molar-refractivity contribution in [1.82, 2.24) is 5.32 Å². The third-order valence-corrected chi connectivity index (χ3v) is 3.80. The summed E-state index contributed by atoms with van der Waals surface area (Å²) in [6.45, 7) is 1.01. The summed E-state index contributed by atoms with van der Waals surface area (Å²) >= 11 is 0. The average molecular weight is 209 g/mol. The molecule has 0 aromatic rings. The summed E-state index contributed by atoms with van der Waals surface area (Å²) < 4.78 is 4.51. The molecule has 0 heterocycles. The number of esters is 1. The number of ether oxygens (including phenoxy) is 1. The molecule has 2 aliphatic carbocycles. The maximum absolute atomic E-state index is 10.8. The Morgan fingerprint density at radius 2 is 2.33 bits per heavy atom. The van der Waals surface area contributed by atoms with Crippen molar-refractivity contribution in [2.75, 3.05) is 13.7 Å². The van der Waals surface area contributed by atoms with E-state index in [-0.39, 0.29) is 5.97 Å². The van der Waals surface area contributed by atoms with Crippen LogP contribution in [0, 0.1) is 17.8 Å². The van der Waals surface area contributed by atoms with Gasteiger partial charge in [-0.05, 0) is 37.0 Å². The summed E-state index contributed by atoms with van der Waals surface area (Å²) in [5.41, 5.74) is 0. The lowest BCUT2D eigenvalue weighted by Gasteiger charge is -2.21. The van der Waals surface area contributed by atoms with E-state index < -0.39 is 0 Å². The van der Waals surface area contributed by atoms with Gasteiger partial charge in [0.05, 0.1) is 7.11 Å². The number of carbonyl (C=O) groups excluding carboxylic acids is 1. The van der Waals surface area contributed by atoms with Gasteiger partial charge in [0.25, 0.3) is 0 Å². The maximum atomic E-state index is 10.8.